The molecule has 0 aliphatic heterocycles. The van der Waals surface area contributed by atoms with Crippen LogP contribution in [0, 0.1) is 6.92 Å². The number of nitrogens with zero attached hydrogens (tertiary/aromatic N) is 1. The molecule has 0 heterocycles. The Morgan fingerprint density at radius 3 is 2.57 bits per heavy atom. The largest absolute Gasteiger partial charge is 0.316 e. The Hall–Kier alpha value is -0.270. The van der Waals surface area contributed by atoms with Crippen molar-refractivity contribution >= 4 is 33.4 Å². The Labute approximate surface area is 137 Å². The van der Waals surface area contributed by atoms with Crippen LogP contribution in [0.2, 0.25) is 5.02 Å². The molecule has 0 saturated heterocycles. The van der Waals surface area contributed by atoms with Crippen molar-refractivity contribution in [2.24, 2.45) is 0 Å². The Balaban J connectivity index is 3.31. The van der Waals surface area contributed by atoms with Gasteiger partial charge < -0.3 is 5.32 Å². The molecule has 1 rings (SSSR count). The van der Waals surface area contributed by atoms with E-state index in [0.29, 0.717) is 11.6 Å². The van der Waals surface area contributed by atoms with E-state index in [0.717, 1.165) is 16.9 Å². The van der Waals surface area contributed by atoms with Crippen molar-refractivity contribution < 1.29 is 8.42 Å². The lowest BCUT2D eigenvalue weighted by molar-refractivity contribution is 0.414. The molecule has 0 aliphatic rings. The lowest BCUT2D eigenvalue weighted by Gasteiger charge is -2.25. The van der Waals surface area contributed by atoms with Gasteiger partial charge in [-0.2, -0.15) is 16.1 Å². The average Bonchev–Trinajstić information content (AvgIpc) is 2.41. The number of halogens is 1. The molecule has 0 radical (unpaired) electrons. The van der Waals surface area contributed by atoms with Crippen molar-refractivity contribution in [1.82, 2.24) is 9.62 Å². The number of thioether (sulfide) groups is 1. The fourth-order valence-electron chi connectivity index (χ4n) is 2.09. The summed E-state index contributed by atoms with van der Waals surface area (Å²) in [6, 6.07) is 3.27. The van der Waals surface area contributed by atoms with Crippen molar-refractivity contribution in [1.29, 1.82) is 0 Å². The summed E-state index contributed by atoms with van der Waals surface area (Å²) in [6.07, 6.45) is 1.96. The summed E-state index contributed by atoms with van der Waals surface area (Å²) in [5, 5.41) is 3.47. The maximum absolute atomic E-state index is 12.8. The van der Waals surface area contributed by atoms with Gasteiger partial charge in [0, 0.05) is 30.4 Å². The Bertz CT molecular complexity index is 591. The monoisotopic (exact) mass is 350 g/mol. The third-order valence-corrected chi connectivity index (χ3v) is 6.62. The predicted molar refractivity (Wildman–Crippen MR) is 91.7 cm³/mol. The molecular weight excluding hydrogens is 328 g/mol. The molecule has 120 valence electrons. The summed E-state index contributed by atoms with van der Waals surface area (Å²) in [6.45, 7) is 4.31. The van der Waals surface area contributed by atoms with Gasteiger partial charge in [-0.1, -0.05) is 11.6 Å². The molecule has 0 amide bonds. The summed E-state index contributed by atoms with van der Waals surface area (Å²) in [5.41, 5.74) is 1.64. The van der Waals surface area contributed by atoms with Gasteiger partial charge in [0.1, 0.15) is 0 Å². The van der Waals surface area contributed by atoms with Gasteiger partial charge in [-0.15, -0.1) is 0 Å². The van der Waals surface area contributed by atoms with Crippen molar-refractivity contribution in [3.05, 3.63) is 28.3 Å². The van der Waals surface area contributed by atoms with E-state index in [1.165, 1.54) is 10.4 Å². The lowest BCUT2D eigenvalue weighted by atomic mass is 10.1. The number of rotatable bonds is 7. The number of sulfonamides is 1. The third kappa shape index (κ3) is 4.36. The fraction of sp³-hybridized carbons (Fsp3) is 0.571. The first kappa shape index (κ1) is 18.8. The van der Waals surface area contributed by atoms with E-state index in [9.17, 15) is 8.42 Å². The minimum atomic E-state index is -3.55. The molecular formula is C14H23ClN2O2S2. The molecule has 0 fully saturated rings. The molecule has 0 bridgehead atoms. The van der Waals surface area contributed by atoms with Crippen LogP contribution in [0.3, 0.4) is 0 Å². The summed E-state index contributed by atoms with van der Waals surface area (Å²) < 4.78 is 27.1. The molecule has 0 spiro atoms. The summed E-state index contributed by atoms with van der Waals surface area (Å²) in [4.78, 5) is 0.288. The van der Waals surface area contributed by atoms with Gasteiger partial charge in [0.2, 0.25) is 10.0 Å². The summed E-state index contributed by atoms with van der Waals surface area (Å²) in [5.74, 6) is 0.749. The fourth-order valence-corrected chi connectivity index (χ4v) is 4.85. The Morgan fingerprint density at radius 1 is 1.43 bits per heavy atom. The first-order chi connectivity index (χ1) is 9.75. The van der Waals surface area contributed by atoms with Gasteiger partial charge in [0.05, 0.1) is 4.90 Å². The van der Waals surface area contributed by atoms with Gasteiger partial charge in [-0.05, 0) is 50.4 Å². The highest BCUT2D eigenvalue weighted by Gasteiger charge is 2.27. The number of nitrogens with one attached hydrogen (secondary N) is 1. The normalized spacial score (nSPS) is 13.7. The van der Waals surface area contributed by atoms with Crippen LogP contribution in [0.5, 0.6) is 0 Å². The van der Waals surface area contributed by atoms with Crippen molar-refractivity contribution in [2.75, 3.05) is 26.1 Å². The van der Waals surface area contributed by atoms with Crippen LogP contribution in [0.25, 0.3) is 0 Å². The molecule has 0 saturated carbocycles. The predicted octanol–water partition coefficient (Wildman–Crippen LogP) is 2.74. The van der Waals surface area contributed by atoms with E-state index >= 15 is 0 Å². The third-order valence-electron chi connectivity index (χ3n) is 3.49. The minimum absolute atomic E-state index is 0.0730. The zero-order valence-electron chi connectivity index (χ0n) is 13.1. The molecule has 4 nitrogen and oxygen atoms in total. The van der Waals surface area contributed by atoms with Crippen LogP contribution in [0.4, 0.5) is 0 Å². The van der Waals surface area contributed by atoms with E-state index in [2.05, 4.69) is 5.32 Å². The molecule has 1 unspecified atom stereocenters. The molecule has 21 heavy (non-hydrogen) atoms. The molecule has 0 aliphatic carbocycles. The summed E-state index contributed by atoms with van der Waals surface area (Å²) in [7, 11) is -0.107. The van der Waals surface area contributed by atoms with Crippen molar-refractivity contribution in [3.63, 3.8) is 0 Å². The smallest absolute Gasteiger partial charge is 0.243 e. The number of hydrogen-bond acceptors (Lipinski definition) is 4. The molecule has 1 atom stereocenters. The Kier molecular flexibility index (Phi) is 7.00. The number of benzene rings is 1. The second-order valence-corrected chi connectivity index (χ2v) is 8.36. The van der Waals surface area contributed by atoms with E-state index in [1.807, 2.05) is 27.2 Å². The first-order valence-corrected chi connectivity index (χ1v) is 9.87. The van der Waals surface area contributed by atoms with E-state index in [4.69, 9.17) is 11.6 Å². The zero-order chi connectivity index (χ0) is 16.2. The van der Waals surface area contributed by atoms with E-state index in [-0.39, 0.29) is 10.9 Å². The van der Waals surface area contributed by atoms with Crippen molar-refractivity contribution in [2.45, 2.75) is 31.3 Å². The second kappa shape index (κ2) is 7.83. The quantitative estimate of drug-likeness (QED) is 0.821. The second-order valence-electron chi connectivity index (χ2n) is 5.04. The molecule has 1 aromatic carbocycles. The van der Waals surface area contributed by atoms with Crippen LogP contribution in [0.15, 0.2) is 17.0 Å². The minimum Gasteiger partial charge on any atom is -0.316 e. The zero-order valence-corrected chi connectivity index (χ0v) is 15.5. The average molecular weight is 351 g/mol. The van der Waals surface area contributed by atoms with Crippen molar-refractivity contribution in [3.8, 4) is 0 Å². The van der Waals surface area contributed by atoms with E-state index in [1.54, 1.807) is 24.9 Å². The van der Waals surface area contributed by atoms with Gasteiger partial charge in [0.15, 0.2) is 0 Å². The first-order valence-electron chi connectivity index (χ1n) is 6.66. The van der Waals surface area contributed by atoms with Crippen LogP contribution in [-0.4, -0.2) is 44.9 Å². The maximum atomic E-state index is 12.8. The van der Waals surface area contributed by atoms with Gasteiger partial charge in [-0.3, -0.25) is 0 Å². The van der Waals surface area contributed by atoms with Crippen LogP contribution >= 0.6 is 23.4 Å². The van der Waals surface area contributed by atoms with Crippen LogP contribution in [-0.2, 0) is 16.6 Å². The highest BCUT2D eigenvalue weighted by atomic mass is 35.5. The summed E-state index contributed by atoms with van der Waals surface area (Å²) >= 11 is 7.72. The van der Waals surface area contributed by atoms with Gasteiger partial charge >= 0.3 is 0 Å². The number of hydrogen-bond donors (Lipinski definition) is 1. The highest BCUT2D eigenvalue weighted by Crippen LogP contribution is 2.27. The topological polar surface area (TPSA) is 49.4 Å². The standard InChI is InChI=1S/C14H23ClN2O2S2/c1-10(9-20-5)17(4)21(18,19)14-7-13(15)6-12(8-16-3)11(14)2/h6-7,10,16H,8-9H2,1-5H3. The lowest BCUT2D eigenvalue weighted by Crippen LogP contribution is -2.37. The molecule has 1 N–H and O–H groups in total. The highest BCUT2D eigenvalue weighted by molar-refractivity contribution is 7.98. The Morgan fingerprint density at radius 2 is 2.05 bits per heavy atom. The molecule has 0 aromatic heterocycles. The van der Waals surface area contributed by atoms with Crippen LogP contribution in [0.1, 0.15) is 18.1 Å². The molecule has 1 aromatic rings. The van der Waals surface area contributed by atoms with Crippen LogP contribution < -0.4 is 5.32 Å². The van der Waals surface area contributed by atoms with E-state index < -0.39 is 10.0 Å². The van der Waals surface area contributed by atoms with Gasteiger partial charge in [0.25, 0.3) is 0 Å². The van der Waals surface area contributed by atoms with Gasteiger partial charge in [-0.25, -0.2) is 8.42 Å². The maximum Gasteiger partial charge on any atom is 0.243 e. The molecule has 7 heteroatoms. The SMILES string of the molecule is CNCc1cc(Cl)cc(S(=O)(=O)N(C)C(C)CSC)c1C.